The summed E-state index contributed by atoms with van der Waals surface area (Å²) in [6.07, 6.45) is 2.09. The van der Waals surface area contributed by atoms with Gasteiger partial charge in [0.15, 0.2) is 11.5 Å². The van der Waals surface area contributed by atoms with Gasteiger partial charge in [-0.1, -0.05) is 6.07 Å². The zero-order valence-corrected chi connectivity index (χ0v) is 14.1. The third kappa shape index (κ3) is 3.61. The van der Waals surface area contributed by atoms with Gasteiger partial charge in [-0.2, -0.15) is 0 Å². The molecule has 3 rings (SSSR count). The first-order valence-corrected chi connectivity index (χ1v) is 8.61. The Balaban J connectivity index is 1.61. The molecule has 0 N–H and O–H groups in total. The lowest BCUT2D eigenvalue weighted by Crippen LogP contribution is -2.44. The molecule has 1 saturated heterocycles. The van der Waals surface area contributed by atoms with E-state index < -0.39 is 0 Å². The molecule has 5 heteroatoms. The summed E-state index contributed by atoms with van der Waals surface area (Å²) in [7, 11) is 0. The van der Waals surface area contributed by atoms with Gasteiger partial charge in [0.1, 0.15) is 0 Å². The molecule has 1 aromatic carbocycles. The van der Waals surface area contributed by atoms with Crippen molar-refractivity contribution in [2.75, 3.05) is 33.0 Å². The van der Waals surface area contributed by atoms with E-state index in [-0.39, 0.29) is 5.92 Å². The van der Waals surface area contributed by atoms with E-state index in [0.717, 1.165) is 57.1 Å². The van der Waals surface area contributed by atoms with E-state index in [1.54, 1.807) is 0 Å². The van der Waals surface area contributed by atoms with Crippen LogP contribution in [0.15, 0.2) is 18.2 Å². The fourth-order valence-corrected chi connectivity index (χ4v) is 3.49. The van der Waals surface area contributed by atoms with Gasteiger partial charge in [-0.05, 0) is 50.9 Å². The Hall–Kier alpha value is -1.75. The molecular weight excluding hydrogens is 292 g/mol. The Bertz CT molecular complexity index is 557. The second-order valence-electron chi connectivity index (χ2n) is 6.27. The fourth-order valence-electron chi connectivity index (χ4n) is 3.49. The van der Waals surface area contributed by atoms with E-state index in [9.17, 15) is 4.79 Å². The zero-order chi connectivity index (χ0) is 16.2. The highest BCUT2D eigenvalue weighted by Gasteiger charge is 2.28. The molecule has 0 bridgehead atoms. The quantitative estimate of drug-likeness (QED) is 0.836. The van der Waals surface area contributed by atoms with Gasteiger partial charge in [-0.25, -0.2) is 0 Å². The standard InChI is InChI=1S/C18H26N2O3/c1-3-20(4-2)18(21)15-6-5-9-19(12-15)11-14-7-8-16-17(10-14)23-13-22-16/h7-8,10,15H,3-6,9,11-13H2,1-2H3/t15-/m1/s1. The van der Waals surface area contributed by atoms with Crippen LogP contribution in [0.3, 0.4) is 0 Å². The van der Waals surface area contributed by atoms with Crippen molar-refractivity contribution < 1.29 is 14.3 Å². The van der Waals surface area contributed by atoms with E-state index in [4.69, 9.17) is 9.47 Å². The first kappa shape index (κ1) is 16.1. The Morgan fingerprint density at radius 3 is 2.83 bits per heavy atom. The molecule has 5 nitrogen and oxygen atoms in total. The molecule has 1 atom stereocenters. The number of fused-ring (bicyclic) bond motifs is 1. The molecule has 1 amide bonds. The van der Waals surface area contributed by atoms with Gasteiger partial charge in [0, 0.05) is 26.2 Å². The lowest BCUT2D eigenvalue weighted by molar-refractivity contribution is -0.137. The number of nitrogens with zero attached hydrogens (tertiary/aromatic N) is 2. The summed E-state index contributed by atoms with van der Waals surface area (Å²) >= 11 is 0. The number of hydrogen-bond acceptors (Lipinski definition) is 4. The van der Waals surface area contributed by atoms with Crippen LogP contribution in [0.5, 0.6) is 11.5 Å². The van der Waals surface area contributed by atoms with Crippen LogP contribution in [-0.2, 0) is 11.3 Å². The van der Waals surface area contributed by atoms with Crippen LogP contribution in [0.25, 0.3) is 0 Å². The predicted molar refractivity (Wildman–Crippen MR) is 88.5 cm³/mol. The minimum Gasteiger partial charge on any atom is -0.454 e. The maximum atomic E-state index is 12.6. The summed E-state index contributed by atoms with van der Waals surface area (Å²) in [6, 6.07) is 6.11. The van der Waals surface area contributed by atoms with Crippen molar-refractivity contribution in [3.8, 4) is 11.5 Å². The van der Waals surface area contributed by atoms with E-state index in [0.29, 0.717) is 12.7 Å². The van der Waals surface area contributed by atoms with E-state index in [1.807, 2.05) is 11.0 Å². The van der Waals surface area contributed by atoms with Crippen molar-refractivity contribution in [3.05, 3.63) is 23.8 Å². The molecule has 0 spiro atoms. The normalized spacial score (nSPS) is 20.5. The molecule has 0 aliphatic carbocycles. The van der Waals surface area contributed by atoms with Crippen molar-refractivity contribution in [1.29, 1.82) is 0 Å². The van der Waals surface area contributed by atoms with E-state index >= 15 is 0 Å². The summed E-state index contributed by atoms with van der Waals surface area (Å²) < 4.78 is 10.8. The molecule has 0 radical (unpaired) electrons. The summed E-state index contributed by atoms with van der Waals surface area (Å²) in [4.78, 5) is 16.9. The second kappa shape index (κ2) is 7.21. The number of rotatable bonds is 5. The first-order chi connectivity index (χ1) is 11.2. The molecule has 126 valence electrons. The SMILES string of the molecule is CCN(CC)C(=O)[C@@H]1CCCN(Cc2ccc3c(c2)OCO3)C1. The number of carbonyl (C=O) groups is 1. The average Bonchev–Trinajstić information content (AvgIpc) is 3.04. The Morgan fingerprint density at radius 2 is 2.04 bits per heavy atom. The summed E-state index contributed by atoms with van der Waals surface area (Å²) in [6.45, 7) is 8.77. The number of hydrogen-bond donors (Lipinski definition) is 0. The molecule has 1 aromatic rings. The summed E-state index contributed by atoms with van der Waals surface area (Å²) in [5, 5.41) is 0. The van der Waals surface area contributed by atoms with Crippen molar-refractivity contribution in [2.45, 2.75) is 33.2 Å². The van der Waals surface area contributed by atoms with Crippen molar-refractivity contribution in [3.63, 3.8) is 0 Å². The molecule has 0 saturated carbocycles. The third-order valence-electron chi connectivity index (χ3n) is 4.77. The van der Waals surface area contributed by atoms with Crippen LogP contribution < -0.4 is 9.47 Å². The molecular formula is C18H26N2O3. The van der Waals surface area contributed by atoms with Crippen LogP contribution in [0, 0.1) is 5.92 Å². The molecule has 1 fully saturated rings. The molecule has 2 aliphatic heterocycles. The van der Waals surface area contributed by atoms with Crippen molar-refractivity contribution in [2.24, 2.45) is 5.92 Å². The van der Waals surface area contributed by atoms with Gasteiger partial charge in [0.25, 0.3) is 0 Å². The highest BCUT2D eigenvalue weighted by atomic mass is 16.7. The molecule has 2 aliphatic rings. The monoisotopic (exact) mass is 318 g/mol. The Kier molecular flexibility index (Phi) is 5.06. The summed E-state index contributed by atoms with van der Waals surface area (Å²) in [5.74, 6) is 2.10. The van der Waals surface area contributed by atoms with Gasteiger partial charge >= 0.3 is 0 Å². The predicted octanol–water partition coefficient (Wildman–Crippen LogP) is 2.50. The van der Waals surface area contributed by atoms with Crippen LogP contribution in [0.4, 0.5) is 0 Å². The minimum absolute atomic E-state index is 0.137. The van der Waals surface area contributed by atoms with Gasteiger partial charge in [-0.3, -0.25) is 9.69 Å². The molecule has 0 aromatic heterocycles. The van der Waals surface area contributed by atoms with Gasteiger partial charge in [0.05, 0.1) is 5.92 Å². The Morgan fingerprint density at radius 1 is 1.26 bits per heavy atom. The number of likely N-dealkylation sites (tertiary alicyclic amines) is 1. The van der Waals surface area contributed by atoms with Crippen molar-refractivity contribution in [1.82, 2.24) is 9.80 Å². The first-order valence-electron chi connectivity index (χ1n) is 8.61. The highest BCUT2D eigenvalue weighted by molar-refractivity contribution is 5.79. The van der Waals surface area contributed by atoms with Crippen LogP contribution in [-0.4, -0.2) is 48.7 Å². The molecule has 0 unspecified atom stereocenters. The smallest absolute Gasteiger partial charge is 0.231 e. The lowest BCUT2D eigenvalue weighted by Gasteiger charge is -2.34. The number of piperidine rings is 1. The maximum absolute atomic E-state index is 12.6. The van der Waals surface area contributed by atoms with Crippen LogP contribution in [0.2, 0.25) is 0 Å². The minimum atomic E-state index is 0.137. The van der Waals surface area contributed by atoms with Crippen LogP contribution in [0.1, 0.15) is 32.3 Å². The van der Waals surface area contributed by atoms with Gasteiger partial charge in [0.2, 0.25) is 12.7 Å². The largest absolute Gasteiger partial charge is 0.454 e. The average molecular weight is 318 g/mol. The third-order valence-corrected chi connectivity index (χ3v) is 4.77. The van der Waals surface area contributed by atoms with E-state index in [1.165, 1.54) is 5.56 Å². The number of ether oxygens (including phenoxy) is 2. The lowest BCUT2D eigenvalue weighted by atomic mass is 9.96. The van der Waals surface area contributed by atoms with Crippen LogP contribution >= 0.6 is 0 Å². The van der Waals surface area contributed by atoms with Gasteiger partial charge < -0.3 is 14.4 Å². The Labute approximate surface area is 138 Å². The molecule has 2 heterocycles. The van der Waals surface area contributed by atoms with E-state index in [2.05, 4.69) is 30.9 Å². The summed E-state index contributed by atoms with van der Waals surface area (Å²) in [5.41, 5.74) is 1.21. The number of benzene rings is 1. The topological polar surface area (TPSA) is 42.0 Å². The second-order valence-corrected chi connectivity index (χ2v) is 6.27. The van der Waals surface area contributed by atoms with Gasteiger partial charge in [-0.15, -0.1) is 0 Å². The zero-order valence-electron chi connectivity index (χ0n) is 14.1. The van der Waals surface area contributed by atoms with Crippen molar-refractivity contribution >= 4 is 5.91 Å². The molecule has 23 heavy (non-hydrogen) atoms. The number of amides is 1. The number of carbonyl (C=O) groups excluding carboxylic acids is 1. The fraction of sp³-hybridized carbons (Fsp3) is 0.611. The highest BCUT2D eigenvalue weighted by Crippen LogP contribution is 2.33. The maximum Gasteiger partial charge on any atom is 0.231 e.